The maximum absolute atomic E-state index is 5.71. The Balaban J connectivity index is 2.18. The predicted molar refractivity (Wildman–Crippen MR) is 62.5 cm³/mol. The van der Waals surface area contributed by atoms with Crippen molar-refractivity contribution in [3.63, 3.8) is 0 Å². The van der Waals surface area contributed by atoms with Gasteiger partial charge in [0.05, 0.1) is 17.9 Å². The highest BCUT2D eigenvalue weighted by atomic mass is 79.9. The van der Waals surface area contributed by atoms with Crippen molar-refractivity contribution in [1.29, 1.82) is 0 Å². The molecular weight excluding hydrogens is 262 g/mol. The van der Waals surface area contributed by atoms with E-state index >= 15 is 0 Å². The molecule has 0 aliphatic carbocycles. The molecule has 0 aliphatic heterocycles. The molecular formula is C9H10BrN3S. The van der Waals surface area contributed by atoms with Crippen LogP contribution in [0.25, 0.3) is 0 Å². The van der Waals surface area contributed by atoms with E-state index in [4.69, 9.17) is 5.73 Å². The predicted octanol–water partition coefficient (Wildman–Crippen LogP) is 2.65. The van der Waals surface area contributed by atoms with Crippen LogP contribution in [0.5, 0.6) is 0 Å². The molecule has 14 heavy (non-hydrogen) atoms. The molecule has 0 spiro atoms. The van der Waals surface area contributed by atoms with Crippen LogP contribution in [0.2, 0.25) is 0 Å². The van der Waals surface area contributed by atoms with Crippen molar-refractivity contribution in [2.24, 2.45) is 0 Å². The van der Waals surface area contributed by atoms with Crippen molar-refractivity contribution in [3.8, 4) is 0 Å². The Bertz CT molecular complexity index is 427. The maximum Gasteiger partial charge on any atom is 0.0823 e. The number of hydrogen-bond acceptors (Lipinski definition) is 3. The molecule has 0 amide bonds. The van der Waals surface area contributed by atoms with Gasteiger partial charge in [0.25, 0.3) is 0 Å². The summed E-state index contributed by atoms with van der Waals surface area (Å²) < 4.78 is 2.98. The smallest absolute Gasteiger partial charge is 0.0823 e. The molecule has 2 N–H and O–H groups in total. The third-order valence-corrected chi connectivity index (χ3v) is 3.61. The van der Waals surface area contributed by atoms with Crippen molar-refractivity contribution in [3.05, 3.63) is 32.7 Å². The Hall–Kier alpha value is -0.810. The van der Waals surface area contributed by atoms with Gasteiger partial charge in [-0.2, -0.15) is 5.10 Å². The molecule has 0 atom stereocenters. The summed E-state index contributed by atoms with van der Waals surface area (Å²) in [7, 11) is 0. The van der Waals surface area contributed by atoms with E-state index in [9.17, 15) is 0 Å². The third-order valence-electron chi connectivity index (χ3n) is 1.92. The number of anilines is 1. The lowest BCUT2D eigenvalue weighted by atomic mass is 10.4. The molecule has 0 unspecified atom stereocenters. The molecule has 0 bridgehead atoms. The largest absolute Gasteiger partial charge is 0.396 e. The summed E-state index contributed by atoms with van der Waals surface area (Å²) in [6.45, 7) is 2.70. The highest BCUT2D eigenvalue weighted by Gasteiger charge is 2.03. The lowest BCUT2D eigenvalue weighted by Crippen LogP contribution is -1.98. The van der Waals surface area contributed by atoms with Crippen molar-refractivity contribution in [1.82, 2.24) is 9.78 Å². The summed E-state index contributed by atoms with van der Waals surface area (Å²) in [5, 5.41) is 6.36. The number of aryl methyl sites for hydroxylation is 1. The summed E-state index contributed by atoms with van der Waals surface area (Å²) in [6, 6.07) is 2.10. The molecule has 3 nitrogen and oxygen atoms in total. The van der Waals surface area contributed by atoms with Gasteiger partial charge in [-0.15, -0.1) is 11.3 Å². The van der Waals surface area contributed by atoms with Crippen LogP contribution < -0.4 is 5.73 Å². The van der Waals surface area contributed by atoms with Crippen molar-refractivity contribution >= 4 is 33.0 Å². The van der Waals surface area contributed by atoms with E-state index < -0.39 is 0 Å². The van der Waals surface area contributed by atoms with Crippen LogP contribution >= 0.6 is 27.3 Å². The molecule has 2 heterocycles. The minimum Gasteiger partial charge on any atom is -0.396 e. The highest BCUT2D eigenvalue weighted by molar-refractivity contribution is 9.10. The topological polar surface area (TPSA) is 43.8 Å². The summed E-state index contributed by atoms with van der Waals surface area (Å²) in [4.78, 5) is 1.26. The first kappa shape index (κ1) is 9.73. The Morgan fingerprint density at radius 1 is 1.64 bits per heavy atom. The summed E-state index contributed by atoms with van der Waals surface area (Å²) in [5.74, 6) is 0. The molecule has 2 aromatic rings. The van der Waals surface area contributed by atoms with Gasteiger partial charge in [0.2, 0.25) is 0 Å². The van der Waals surface area contributed by atoms with Gasteiger partial charge in [-0.25, -0.2) is 0 Å². The Kier molecular flexibility index (Phi) is 2.60. The van der Waals surface area contributed by atoms with Crippen LogP contribution in [0, 0.1) is 6.92 Å². The molecule has 2 aromatic heterocycles. The number of aromatic nitrogens is 2. The molecule has 5 heteroatoms. The quantitative estimate of drug-likeness (QED) is 0.913. The van der Waals surface area contributed by atoms with Gasteiger partial charge in [0.15, 0.2) is 0 Å². The molecule has 2 rings (SSSR count). The highest BCUT2D eigenvalue weighted by Crippen LogP contribution is 2.20. The van der Waals surface area contributed by atoms with Crippen LogP contribution in [0.15, 0.2) is 22.1 Å². The van der Waals surface area contributed by atoms with E-state index in [-0.39, 0.29) is 0 Å². The molecule has 0 saturated heterocycles. The second kappa shape index (κ2) is 3.74. The second-order valence-corrected chi connectivity index (χ2v) is 5.01. The standard InChI is InChI=1S/C9H10BrN3S/c1-6-9(11)4-13(12-6)3-8-2-7(10)5-14-8/h2,4-5H,3,11H2,1H3. The lowest BCUT2D eigenvalue weighted by molar-refractivity contribution is 0.687. The fourth-order valence-corrected chi connectivity index (χ4v) is 2.65. The van der Waals surface area contributed by atoms with Gasteiger partial charge >= 0.3 is 0 Å². The number of halogens is 1. The van der Waals surface area contributed by atoms with Crippen molar-refractivity contribution in [2.45, 2.75) is 13.5 Å². The first-order chi connectivity index (χ1) is 6.65. The third kappa shape index (κ3) is 1.99. The molecule has 0 aromatic carbocycles. The van der Waals surface area contributed by atoms with Gasteiger partial charge in [0, 0.05) is 20.9 Å². The molecule has 0 fully saturated rings. The fraction of sp³-hybridized carbons (Fsp3) is 0.222. The average Bonchev–Trinajstić information content (AvgIpc) is 2.62. The van der Waals surface area contributed by atoms with Crippen LogP contribution in [0.1, 0.15) is 10.6 Å². The van der Waals surface area contributed by atoms with Crippen LogP contribution in [-0.4, -0.2) is 9.78 Å². The van der Waals surface area contributed by atoms with E-state index in [1.54, 1.807) is 11.3 Å². The SMILES string of the molecule is Cc1nn(Cc2cc(Br)cs2)cc1N. The van der Waals surface area contributed by atoms with E-state index in [1.807, 2.05) is 17.8 Å². The summed E-state index contributed by atoms with van der Waals surface area (Å²) >= 11 is 5.13. The number of nitrogen functional groups attached to an aromatic ring is 1. The maximum atomic E-state index is 5.71. The number of thiophene rings is 1. The first-order valence-electron chi connectivity index (χ1n) is 4.17. The molecule has 0 saturated carbocycles. The van der Waals surface area contributed by atoms with Crippen LogP contribution in [-0.2, 0) is 6.54 Å². The van der Waals surface area contributed by atoms with E-state index in [1.165, 1.54) is 4.88 Å². The zero-order valence-electron chi connectivity index (χ0n) is 7.70. The minimum atomic E-state index is 0.751. The van der Waals surface area contributed by atoms with E-state index in [2.05, 4.69) is 32.5 Å². The number of nitrogens with two attached hydrogens (primary N) is 1. The van der Waals surface area contributed by atoms with Gasteiger partial charge < -0.3 is 5.73 Å². The zero-order chi connectivity index (χ0) is 10.1. The zero-order valence-corrected chi connectivity index (χ0v) is 10.1. The van der Waals surface area contributed by atoms with Gasteiger partial charge in [-0.3, -0.25) is 4.68 Å². The Labute approximate surface area is 94.7 Å². The van der Waals surface area contributed by atoms with Crippen LogP contribution in [0.4, 0.5) is 5.69 Å². The van der Waals surface area contributed by atoms with Gasteiger partial charge in [-0.1, -0.05) is 0 Å². The van der Waals surface area contributed by atoms with Gasteiger partial charge in [0.1, 0.15) is 0 Å². The van der Waals surface area contributed by atoms with E-state index in [0.717, 1.165) is 22.4 Å². The Morgan fingerprint density at radius 3 is 2.93 bits per heavy atom. The lowest BCUT2D eigenvalue weighted by Gasteiger charge is -1.96. The summed E-state index contributed by atoms with van der Waals surface area (Å²) in [5.41, 5.74) is 7.35. The van der Waals surface area contributed by atoms with Gasteiger partial charge in [-0.05, 0) is 28.9 Å². The normalized spacial score (nSPS) is 10.7. The first-order valence-corrected chi connectivity index (χ1v) is 5.85. The fourth-order valence-electron chi connectivity index (χ4n) is 1.21. The summed E-state index contributed by atoms with van der Waals surface area (Å²) in [6.07, 6.45) is 1.86. The molecule has 0 aliphatic rings. The Morgan fingerprint density at radius 2 is 2.43 bits per heavy atom. The number of hydrogen-bond donors (Lipinski definition) is 1. The molecule has 0 radical (unpaired) electrons. The monoisotopic (exact) mass is 271 g/mol. The molecule has 74 valence electrons. The number of nitrogens with zero attached hydrogens (tertiary/aromatic N) is 2. The van der Waals surface area contributed by atoms with Crippen molar-refractivity contribution in [2.75, 3.05) is 5.73 Å². The average molecular weight is 272 g/mol. The number of rotatable bonds is 2. The second-order valence-electron chi connectivity index (χ2n) is 3.10. The van der Waals surface area contributed by atoms with E-state index in [0.29, 0.717) is 0 Å². The van der Waals surface area contributed by atoms with Crippen molar-refractivity contribution < 1.29 is 0 Å². The minimum absolute atomic E-state index is 0.751. The van der Waals surface area contributed by atoms with Crippen LogP contribution in [0.3, 0.4) is 0 Å².